The van der Waals surface area contributed by atoms with Crippen molar-refractivity contribution < 1.29 is 0 Å². The zero-order valence-corrected chi connectivity index (χ0v) is 19.2. The second-order valence-corrected chi connectivity index (χ2v) is 7.42. The molecule has 1 rings (SSSR count). The Balaban J connectivity index is 0.00000529. The van der Waals surface area contributed by atoms with Crippen LogP contribution in [-0.2, 0) is 6.54 Å². The highest BCUT2D eigenvalue weighted by atomic mass is 127. The predicted molar refractivity (Wildman–Crippen MR) is 119 cm³/mol. The van der Waals surface area contributed by atoms with E-state index in [0.29, 0.717) is 6.54 Å². The summed E-state index contributed by atoms with van der Waals surface area (Å²) in [5.41, 5.74) is 2.64. The van der Waals surface area contributed by atoms with Crippen molar-refractivity contribution in [2.24, 2.45) is 4.99 Å². The first-order valence-electron chi connectivity index (χ1n) is 8.13. The third kappa shape index (κ3) is 7.61. The van der Waals surface area contributed by atoms with Crippen LogP contribution in [0.1, 0.15) is 31.9 Å². The van der Waals surface area contributed by atoms with E-state index in [9.17, 15) is 0 Å². The van der Waals surface area contributed by atoms with Crippen LogP contribution in [0.3, 0.4) is 0 Å². The van der Waals surface area contributed by atoms with Crippen LogP contribution in [0.15, 0.2) is 28.1 Å². The summed E-state index contributed by atoms with van der Waals surface area (Å²) < 4.78 is 0. The Bertz CT molecular complexity index is 530. The number of rotatable bonds is 7. The SMILES string of the molecule is CCNC(=NCc1ccc(C)cc1SC)NCC(C)(C)N(C)C.I. The van der Waals surface area contributed by atoms with Gasteiger partial charge < -0.3 is 15.5 Å². The number of hydrogen-bond donors (Lipinski definition) is 2. The van der Waals surface area contributed by atoms with Gasteiger partial charge in [-0.05, 0) is 65.2 Å². The second kappa shape index (κ2) is 11.2. The highest BCUT2D eigenvalue weighted by Gasteiger charge is 2.20. The summed E-state index contributed by atoms with van der Waals surface area (Å²) in [5, 5.41) is 6.78. The average molecular weight is 464 g/mol. The van der Waals surface area contributed by atoms with Gasteiger partial charge in [0, 0.05) is 23.5 Å². The summed E-state index contributed by atoms with van der Waals surface area (Å²) in [6, 6.07) is 6.56. The fourth-order valence-corrected chi connectivity index (χ4v) is 2.65. The Morgan fingerprint density at radius 2 is 1.92 bits per heavy atom. The van der Waals surface area contributed by atoms with Gasteiger partial charge in [-0.3, -0.25) is 0 Å². The topological polar surface area (TPSA) is 39.7 Å². The first kappa shape index (κ1) is 23.5. The largest absolute Gasteiger partial charge is 0.357 e. The molecule has 0 heterocycles. The van der Waals surface area contributed by atoms with Gasteiger partial charge in [-0.25, -0.2) is 4.99 Å². The molecule has 0 atom stereocenters. The van der Waals surface area contributed by atoms with Gasteiger partial charge in [-0.15, -0.1) is 35.7 Å². The Kier molecular flexibility index (Phi) is 11.0. The Morgan fingerprint density at radius 3 is 2.46 bits per heavy atom. The predicted octanol–water partition coefficient (Wildman–Crippen LogP) is 3.73. The minimum Gasteiger partial charge on any atom is -0.357 e. The van der Waals surface area contributed by atoms with Gasteiger partial charge in [0.2, 0.25) is 0 Å². The van der Waals surface area contributed by atoms with E-state index < -0.39 is 0 Å². The molecule has 0 aliphatic rings. The monoisotopic (exact) mass is 464 g/mol. The molecule has 0 unspecified atom stereocenters. The lowest BCUT2D eigenvalue weighted by atomic mass is 10.0. The standard InChI is InChI=1S/C18H32N4S.HI/c1-8-19-17(21-13-18(3,4)22(5)6)20-12-15-10-9-14(2)11-16(15)23-7;/h9-11H,8,12-13H2,1-7H3,(H2,19,20,21);1H. The van der Waals surface area contributed by atoms with Crippen LogP contribution in [0.4, 0.5) is 0 Å². The molecule has 0 radical (unpaired) electrons. The lowest BCUT2D eigenvalue weighted by molar-refractivity contribution is 0.197. The van der Waals surface area contributed by atoms with Crippen LogP contribution >= 0.6 is 35.7 Å². The number of likely N-dealkylation sites (N-methyl/N-ethyl adjacent to an activating group) is 1. The first-order chi connectivity index (χ1) is 10.8. The number of guanidine groups is 1. The molecule has 0 aliphatic heterocycles. The van der Waals surface area contributed by atoms with Crippen LogP contribution in [0.5, 0.6) is 0 Å². The van der Waals surface area contributed by atoms with Crippen molar-refractivity contribution in [1.82, 2.24) is 15.5 Å². The van der Waals surface area contributed by atoms with Gasteiger partial charge in [0.1, 0.15) is 0 Å². The van der Waals surface area contributed by atoms with Gasteiger partial charge >= 0.3 is 0 Å². The molecule has 0 spiro atoms. The molecule has 2 N–H and O–H groups in total. The van der Waals surface area contributed by atoms with E-state index in [1.807, 2.05) is 0 Å². The number of hydrogen-bond acceptors (Lipinski definition) is 3. The van der Waals surface area contributed by atoms with E-state index in [1.54, 1.807) is 11.8 Å². The average Bonchev–Trinajstić information content (AvgIpc) is 2.50. The van der Waals surface area contributed by atoms with E-state index in [0.717, 1.165) is 19.0 Å². The molecule has 1 aromatic carbocycles. The second-order valence-electron chi connectivity index (χ2n) is 6.57. The number of nitrogens with zero attached hydrogens (tertiary/aromatic N) is 2. The molecule has 6 heteroatoms. The highest BCUT2D eigenvalue weighted by molar-refractivity contribution is 14.0. The van der Waals surface area contributed by atoms with E-state index in [1.165, 1.54) is 16.0 Å². The number of aryl methyl sites for hydroxylation is 1. The van der Waals surface area contributed by atoms with Crippen LogP contribution in [-0.4, -0.2) is 49.8 Å². The lowest BCUT2D eigenvalue weighted by Gasteiger charge is -2.33. The minimum atomic E-state index is 0. The minimum absolute atomic E-state index is 0. The number of benzene rings is 1. The van der Waals surface area contributed by atoms with E-state index in [4.69, 9.17) is 4.99 Å². The number of halogens is 1. The summed E-state index contributed by atoms with van der Waals surface area (Å²) in [5.74, 6) is 0.870. The van der Waals surface area contributed by atoms with Crippen molar-refractivity contribution in [2.45, 2.75) is 44.7 Å². The summed E-state index contributed by atoms with van der Waals surface area (Å²) in [6.45, 7) is 11.0. The Labute approximate surface area is 169 Å². The van der Waals surface area contributed by atoms with Crippen molar-refractivity contribution in [1.29, 1.82) is 0 Å². The maximum absolute atomic E-state index is 4.75. The summed E-state index contributed by atoms with van der Waals surface area (Å²) in [7, 11) is 4.20. The molecular formula is C18H33IN4S. The maximum atomic E-state index is 4.75. The van der Waals surface area contributed by atoms with Gasteiger partial charge in [0.05, 0.1) is 6.54 Å². The third-order valence-electron chi connectivity index (χ3n) is 4.09. The van der Waals surface area contributed by atoms with E-state index in [2.05, 4.69) is 81.8 Å². The van der Waals surface area contributed by atoms with E-state index in [-0.39, 0.29) is 29.5 Å². The number of nitrogens with one attached hydrogen (secondary N) is 2. The zero-order valence-electron chi connectivity index (χ0n) is 16.1. The molecule has 1 aromatic rings. The third-order valence-corrected chi connectivity index (χ3v) is 4.91. The molecule has 138 valence electrons. The molecular weight excluding hydrogens is 431 g/mol. The van der Waals surface area contributed by atoms with Crippen molar-refractivity contribution in [3.05, 3.63) is 29.3 Å². The molecule has 0 aliphatic carbocycles. The van der Waals surface area contributed by atoms with Crippen molar-refractivity contribution in [2.75, 3.05) is 33.4 Å². The molecule has 0 saturated heterocycles. The van der Waals surface area contributed by atoms with Crippen molar-refractivity contribution >= 4 is 41.7 Å². The van der Waals surface area contributed by atoms with Crippen molar-refractivity contribution in [3.8, 4) is 0 Å². The normalized spacial score (nSPS) is 12.1. The fourth-order valence-electron chi connectivity index (χ4n) is 1.95. The highest BCUT2D eigenvalue weighted by Crippen LogP contribution is 2.22. The van der Waals surface area contributed by atoms with Crippen LogP contribution < -0.4 is 10.6 Å². The summed E-state index contributed by atoms with van der Waals surface area (Å²) in [6.07, 6.45) is 2.12. The lowest BCUT2D eigenvalue weighted by Crippen LogP contribution is -2.50. The molecule has 24 heavy (non-hydrogen) atoms. The molecule has 4 nitrogen and oxygen atoms in total. The summed E-state index contributed by atoms with van der Waals surface area (Å²) in [4.78, 5) is 8.27. The first-order valence-corrected chi connectivity index (χ1v) is 9.35. The molecule has 0 fully saturated rings. The zero-order chi connectivity index (χ0) is 17.5. The number of aliphatic imine (C=N–C) groups is 1. The Morgan fingerprint density at radius 1 is 1.25 bits per heavy atom. The van der Waals surface area contributed by atoms with Gasteiger partial charge in [-0.1, -0.05) is 12.1 Å². The smallest absolute Gasteiger partial charge is 0.191 e. The van der Waals surface area contributed by atoms with Gasteiger partial charge in [-0.2, -0.15) is 0 Å². The number of thioether (sulfide) groups is 1. The van der Waals surface area contributed by atoms with Crippen molar-refractivity contribution in [3.63, 3.8) is 0 Å². The fraction of sp³-hybridized carbons (Fsp3) is 0.611. The van der Waals surface area contributed by atoms with Gasteiger partial charge in [0.25, 0.3) is 0 Å². The van der Waals surface area contributed by atoms with E-state index >= 15 is 0 Å². The molecule has 0 aromatic heterocycles. The maximum Gasteiger partial charge on any atom is 0.191 e. The molecule has 0 amide bonds. The quantitative estimate of drug-likeness (QED) is 0.279. The van der Waals surface area contributed by atoms with Crippen LogP contribution in [0, 0.1) is 6.92 Å². The van der Waals surface area contributed by atoms with Gasteiger partial charge in [0.15, 0.2) is 5.96 Å². The van der Waals surface area contributed by atoms with Crippen LogP contribution in [0.25, 0.3) is 0 Å². The van der Waals surface area contributed by atoms with Crippen LogP contribution in [0.2, 0.25) is 0 Å². The molecule has 0 saturated carbocycles. The molecule has 0 bridgehead atoms. The summed E-state index contributed by atoms with van der Waals surface area (Å²) >= 11 is 1.78. The Hall–Kier alpha value is -0.470.